The topological polar surface area (TPSA) is 84.5 Å². The first-order valence-electron chi connectivity index (χ1n) is 6.99. The summed E-state index contributed by atoms with van der Waals surface area (Å²) >= 11 is 1.13. The standard InChI is InChI=1S/C15H18N2O4S2/c1-3-21-12-6-4-11(5-7-12)15(18)17-10-13-8-9-14(22-13)23(19,20)16-2/h4-9,16H,3,10H2,1-2H3,(H,17,18). The molecule has 1 heterocycles. The quantitative estimate of drug-likeness (QED) is 0.796. The average molecular weight is 354 g/mol. The number of carbonyl (C=O) groups is 1. The Morgan fingerprint density at radius 1 is 1.17 bits per heavy atom. The van der Waals surface area contributed by atoms with E-state index in [0.29, 0.717) is 17.9 Å². The second-order valence-electron chi connectivity index (χ2n) is 4.57. The lowest BCUT2D eigenvalue weighted by Crippen LogP contribution is -2.22. The number of hydrogen-bond donors (Lipinski definition) is 2. The Bertz CT molecular complexity index is 767. The van der Waals surface area contributed by atoms with Gasteiger partial charge in [-0.25, -0.2) is 13.1 Å². The molecule has 6 nitrogen and oxygen atoms in total. The highest BCUT2D eigenvalue weighted by Gasteiger charge is 2.14. The van der Waals surface area contributed by atoms with Crippen molar-refractivity contribution in [3.63, 3.8) is 0 Å². The van der Waals surface area contributed by atoms with Crippen molar-refractivity contribution in [3.05, 3.63) is 46.8 Å². The predicted molar refractivity (Wildman–Crippen MR) is 89.3 cm³/mol. The van der Waals surface area contributed by atoms with Crippen molar-refractivity contribution in [2.24, 2.45) is 0 Å². The van der Waals surface area contributed by atoms with Crippen molar-refractivity contribution >= 4 is 27.3 Å². The summed E-state index contributed by atoms with van der Waals surface area (Å²) in [6.07, 6.45) is 0. The Kier molecular flexibility index (Phi) is 5.75. The van der Waals surface area contributed by atoms with Gasteiger partial charge in [-0.1, -0.05) is 0 Å². The third kappa shape index (κ3) is 4.54. The Morgan fingerprint density at radius 3 is 2.48 bits per heavy atom. The van der Waals surface area contributed by atoms with Gasteiger partial charge in [-0.05, 0) is 50.4 Å². The molecular formula is C15H18N2O4S2. The minimum Gasteiger partial charge on any atom is -0.494 e. The summed E-state index contributed by atoms with van der Waals surface area (Å²) in [4.78, 5) is 12.8. The summed E-state index contributed by atoms with van der Waals surface area (Å²) in [5.41, 5.74) is 0.521. The highest BCUT2D eigenvalue weighted by Crippen LogP contribution is 2.21. The first kappa shape index (κ1) is 17.5. The molecule has 2 aromatic rings. The molecule has 0 bridgehead atoms. The van der Waals surface area contributed by atoms with E-state index in [1.54, 1.807) is 30.3 Å². The molecule has 2 rings (SSSR count). The molecule has 1 aromatic heterocycles. The van der Waals surface area contributed by atoms with E-state index in [4.69, 9.17) is 4.74 Å². The number of sulfonamides is 1. The third-order valence-electron chi connectivity index (χ3n) is 3.02. The van der Waals surface area contributed by atoms with Crippen LogP contribution in [0.4, 0.5) is 0 Å². The molecule has 1 aromatic carbocycles. The van der Waals surface area contributed by atoms with E-state index >= 15 is 0 Å². The van der Waals surface area contributed by atoms with Crippen LogP contribution in [-0.2, 0) is 16.6 Å². The van der Waals surface area contributed by atoms with Crippen LogP contribution in [0.15, 0.2) is 40.6 Å². The Hall–Kier alpha value is -1.90. The predicted octanol–water partition coefficient (Wildman–Crippen LogP) is 1.98. The van der Waals surface area contributed by atoms with Gasteiger partial charge < -0.3 is 10.1 Å². The second kappa shape index (κ2) is 7.58. The van der Waals surface area contributed by atoms with E-state index in [-0.39, 0.29) is 16.7 Å². The largest absolute Gasteiger partial charge is 0.494 e. The highest BCUT2D eigenvalue weighted by atomic mass is 32.2. The van der Waals surface area contributed by atoms with E-state index in [9.17, 15) is 13.2 Å². The van der Waals surface area contributed by atoms with Gasteiger partial charge in [0.2, 0.25) is 10.0 Å². The molecule has 0 radical (unpaired) electrons. The van der Waals surface area contributed by atoms with Crippen molar-refractivity contribution in [1.82, 2.24) is 10.0 Å². The summed E-state index contributed by atoms with van der Waals surface area (Å²) in [6.45, 7) is 2.74. The maximum atomic E-state index is 12.1. The molecule has 23 heavy (non-hydrogen) atoms. The van der Waals surface area contributed by atoms with Gasteiger partial charge in [0, 0.05) is 10.4 Å². The summed E-state index contributed by atoms with van der Waals surface area (Å²) in [6, 6.07) is 10.1. The normalized spacial score (nSPS) is 11.2. The molecule has 0 saturated heterocycles. The zero-order valence-corrected chi connectivity index (χ0v) is 14.5. The molecule has 0 aliphatic rings. The fraction of sp³-hybridized carbons (Fsp3) is 0.267. The van der Waals surface area contributed by atoms with Crippen molar-refractivity contribution < 1.29 is 17.9 Å². The number of rotatable bonds is 7. The zero-order valence-electron chi connectivity index (χ0n) is 12.8. The van der Waals surface area contributed by atoms with Crippen LogP contribution in [0.1, 0.15) is 22.2 Å². The van der Waals surface area contributed by atoms with Gasteiger partial charge in [-0.3, -0.25) is 4.79 Å². The lowest BCUT2D eigenvalue weighted by atomic mass is 10.2. The van der Waals surface area contributed by atoms with E-state index in [1.165, 1.54) is 13.1 Å². The van der Waals surface area contributed by atoms with E-state index in [0.717, 1.165) is 16.2 Å². The summed E-state index contributed by atoms with van der Waals surface area (Å²) in [5, 5.41) is 2.76. The molecule has 2 N–H and O–H groups in total. The monoisotopic (exact) mass is 354 g/mol. The van der Waals surface area contributed by atoms with Crippen LogP contribution in [0, 0.1) is 0 Å². The number of nitrogens with one attached hydrogen (secondary N) is 2. The van der Waals surface area contributed by atoms with Gasteiger partial charge in [0.25, 0.3) is 5.91 Å². The maximum Gasteiger partial charge on any atom is 0.251 e. The third-order valence-corrected chi connectivity index (χ3v) is 6.01. The summed E-state index contributed by atoms with van der Waals surface area (Å²) in [5.74, 6) is 0.490. The first-order valence-corrected chi connectivity index (χ1v) is 9.29. The van der Waals surface area contributed by atoms with Gasteiger partial charge in [-0.2, -0.15) is 0 Å². The molecule has 0 spiro atoms. The van der Waals surface area contributed by atoms with Crippen molar-refractivity contribution in [1.29, 1.82) is 0 Å². The molecule has 0 saturated carbocycles. The van der Waals surface area contributed by atoms with Gasteiger partial charge >= 0.3 is 0 Å². The lowest BCUT2D eigenvalue weighted by Gasteiger charge is -2.06. The lowest BCUT2D eigenvalue weighted by molar-refractivity contribution is 0.0951. The number of hydrogen-bond acceptors (Lipinski definition) is 5. The fourth-order valence-corrected chi connectivity index (χ4v) is 3.97. The van der Waals surface area contributed by atoms with Crippen molar-refractivity contribution in [3.8, 4) is 5.75 Å². The zero-order chi connectivity index (χ0) is 16.9. The van der Waals surface area contributed by atoms with E-state index in [1.807, 2.05) is 6.92 Å². The molecule has 0 fully saturated rings. The van der Waals surface area contributed by atoms with Crippen LogP contribution in [-0.4, -0.2) is 28.0 Å². The summed E-state index contributed by atoms with van der Waals surface area (Å²) < 4.78 is 31.1. The molecule has 0 unspecified atom stereocenters. The fourth-order valence-electron chi connectivity index (χ4n) is 1.84. The van der Waals surface area contributed by atoms with Crippen LogP contribution in [0.5, 0.6) is 5.75 Å². The molecule has 1 amide bonds. The van der Waals surface area contributed by atoms with Crippen LogP contribution < -0.4 is 14.8 Å². The van der Waals surface area contributed by atoms with Gasteiger partial charge in [0.05, 0.1) is 13.2 Å². The van der Waals surface area contributed by atoms with E-state index in [2.05, 4.69) is 10.0 Å². The summed E-state index contributed by atoms with van der Waals surface area (Å²) in [7, 11) is -2.07. The van der Waals surface area contributed by atoms with Gasteiger partial charge in [0.1, 0.15) is 9.96 Å². The number of amides is 1. The molecule has 0 aliphatic carbocycles. The highest BCUT2D eigenvalue weighted by molar-refractivity contribution is 7.91. The van der Waals surface area contributed by atoms with Crippen molar-refractivity contribution in [2.75, 3.05) is 13.7 Å². The number of benzene rings is 1. The SMILES string of the molecule is CCOc1ccc(C(=O)NCc2ccc(S(=O)(=O)NC)s2)cc1. The Balaban J connectivity index is 1.96. The van der Waals surface area contributed by atoms with Crippen LogP contribution in [0.3, 0.4) is 0 Å². The minimum absolute atomic E-state index is 0.223. The van der Waals surface area contributed by atoms with Crippen LogP contribution in [0.25, 0.3) is 0 Å². The average Bonchev–Trinajstić information content (AvgIpc) is 3.03. The molecular weight excluding hydrogens is 336 g/mol. The maximum absolute atomic E-state index is 12.1. The number of thiophene rings is 1. The van der Waals surface area contributed by atoms with Gasteiger partial charge in [-0.15, -0.1) is 11.3 Å². The van der Waals surface area contributed by atoms with Gasteiger partial charge in [0.15, 0.2) is 0 Å². The first-order chi connectivity index (χ1) is 11.0. The Morgan fingerprint density at radius 2 is 1.87 bits per heavy atom. The molecule has 0 aliphatic heterocycles. The molecule has 0 atom stereocenters. The smallest absolute Gasteiger partial charge is 0.251 e. The molecule has 124 valence electrons. The second-order valence-corrected chi connectivity index (χ2v) is 7.85. The molecule has 8 heteroatoms. The Labute approximate surface area is 139 Å². The van der Waals surface area contributed by atoms with Crippen molar-refractivity contribution in [2.45, 2.75) is 17.7 Å². The number of carbonyl (C=O) groups excluding carboxylic acids is 1. The number of ether oxygens (including phenoxy) is 1. The van der Waals surface area contributed by atoms with Crippen LogP contribution in [0.2, 0.25) is 0 Å². The van der Waals surface area contributed by atoms with E-state index < -0.39 is 10.0 Å². The minimum atomic E-state index is -3.44. The van der Waals surface area contributed by atoms with Crippen LogP contribution >= 0.6 is 11.3 Å².